The number of hydrogen-bond acceptors (Lipinski definition) is 5. The van der Waals surface area contributed by atoms with Crippen LogP contribution in [-0.2, 0) is 9.47 Å². The molecule has 5 nitrogen and oxygen atoms in total. The van der Waals surface area contributed by atoms with E-state index in [4.69, 9.17) is 24.8 Å². The van der Waals surface area contributed by atoms with Gasteiger partial charge in [-0.25, -0.2) is 0 Å². The van der Waals surface area contributed by atoms with Gasteiger partial charge >= 0.3 is 0 Å². The van der Waals surface area contributed by atoms with Crippen molar-refractivity contribution in [3.63, 3.8) is 0 Å². The molecule has 96 valence electrons. The van der Waals surface area contributed by atoms with Crippen LogP contribution in [0.4, 0.5) is 0 Å². The van der Waals surface area contributed by atoms with Crippen LogP contribution in [0, 0.1) is 11.8 Å². The van der Waals surface area contributed by atoms with Crippen LogP contribution in [0.1, 0.15) is 32.1 Å². The van der Waals surface area contributed by atoms with Gasteiger partial charge in [-0.05, 0) is 37.5 Å². The molecule has 0 aromatic heterocycles. The largest absolute Gasteiger partial charge is 0.396 e. The molecule has 1 aliphatic rings. The molecule has 0 aliphatic heterocycles. The molecule has 0 spiro atoms. The predicted molar refractivity (Wildman–Crippen MR) is 57.3 cm³/mol. The van der Waals surface area contributed by atoms with Crippen molar-refractivity contribution < 1.29 is 24.8 Å². The van der Waals surface area contributed by atoms with E-state index in [2.05, 4.69) is 0 Å². The van der Waals surface area contributed by atoms with Crippen molar-refractivity contribution in [1.82, 2.24) is 0 Å². The Balaban J connectivity index is 2.24. The van der Waals surface area contributed by atoms with Crippen molar-refractivity contribution in [2.75, 3.05) is 20.2 Å². The number of aliphatic hydroxyl groups excluding tert-OH is 3. The van der Waals surface area contributed by atoms with Gasteiger partial charge in [-0.15, -0.1) is 0 Å². The molecular formula is C11H22O5. The molecule has 1 aliphatic carbocycles. The molecule has 0 amide bonds. The van der Waals surface area contributed by atoms with Gasteiger partial charge in [0.1, 0.15) is 13.6 Å². The average molecular weight is 234 g/mol. The first-order valence-corrected chi connectivity index (χ1v) is 5.86. The zero-order valence-electron chi connectivity index (χ0n) is 9.55. The van der Waals surface area contributed by atoms with Crippen molar-refractivity contribution in [1.29, 1.82) is 0 Å². The van der Waals surface area contributed by atoms with Crippen molar-refractivity contribution in [2.45, 2.75) is 38.4 Å². The van der Waals surface area contributed by atoms with Gasteiger partial charge in [0.25, 0.3) is 0 Å². The molecular weight excluding hydrogens is 212 g/mol. The topological polar surface area (TPSA) is 79.2 Å². The first-order valence-electron chi connectivity index (χ1n) is 5.86. The quantitative estimate of drug-likeness (QED) is 0.557. The maximum absolute atomic E-state index is 9.01. The van der Waals surface area contributed by atoms with Gasteiger partial charge in [0.2, 0.25) is 0 Å². The van der Waals surface area contributed by atoms with Gasteiger partial charge in [0, 0.05) is 13.0 Å². The van der Waals surface area contributed by atoms with Crippen LogP contribution in [0.5, 0.6) is 0 Å². The number of hydrogen-bond donors (Lipinski definition) is 3. The summed E-state index contributed by atoms with van der Waals surface area (Å²) in [5.74, 6) is 0.929. The molecule has 1 saturated carbocycles. The lowest BCUT2D eigenvalue weighted by atomic mass is 9.81. The zero-order valence-corrected chi connectivity index (χ0v) is 9.55. The maximum atomic E-state index is 9.01. The number of rotatable bonds is 7. The minimum absolute atomic E-state index is 0.274. The van der Waals surface area contributed by atoms with Crippen LogP contribution in [0.3, 0.4) is 0 Å². The highest BCUT2D eigenvalue weighted by molar-refractivity contribution is 4.72. The Morgan fingerprint density at radius 2 is 1.38 bits per heavy atom. The van der Waals surface area contributed by atoms with Gasteiger partial charge in [0.15, 0.2) is 6.29 Å². The van der Waals surface area contributed by atoms with Crippen molar-refractivity contribution in [3.05, 3.63) is 0 Å². The predicted octanol–water partition coefficient (Wildman–Crippen LogP) is 0.434. The summed E-state index contributed by atoms with van der Waals surface area (Å²) in [6.07, 6.45) is 4.33. The monoisotopic (exact) mass is 234 g/mol. The minimum atomic E-state index is -0.523. The lowest BCUT2D eigenvalue weighted by Gasteiger charge is -2.29. The van der Waals surface area contributed by atoms with E-state index in [1.54, 1.807) is 0 Å². The van der Waals surface area contributed by atoms with Crippen LogP contribution in [0.25, 0.3) is 0 Å². The normalized spacial score (nSPS) is 26.2. The summed E-state index contributed by atoms with van der Waals surface area (Å²) in [5, 5.41) is 26.3. The van der Waals surface area contributed by atoms with E-state index in [9.17, 15) is 0 Å². The molecule has 0 aromatic rings. The highest BCUT2D eigenvalue weighted by Gasteiger charge is 2.24. The molecule has 0 atom stereocenters. The molecule has 3 N–H and O–H groups in total. The fourth-order valence-corrected chi connectivity index (χ4v) is 2.27. The van der Waals surface area contributed by atoms with E-state index in [1.165, 1.54) is 0 Å². The molecule has 0 heterocycles. The van der Waals surface area contributed by atoms with E-state index in [1.807, 2.05) is 0 Å². The standard InChI is InChI=1S/C11H22O5/c12-6-10-3-1-9(2-4-10)5-11(15-7-13)16-8-14/h9-14H,1-8H2. The van der Waals surface area contributed by atoms with Crippen LogP contribution in [0.2, 0.25) is 0 Å². The summed E-state index contributed by atoms with van der Waals surface area (Å²) in [5.41, 5.74) is 0. The lowest BCUT2D eigenvalue weighted by molar-refractivity contribution is -0.217. The third-order valence-electron chi connectivity index (χ3n) is 3.27. The Hall–Kier alpha value is -0.200. The zero-order chi connectivity index (χ0) is 11.8. The highest BCUT2D eigenvalue weighted by atomic mass is 16.7. The number of ether oxygens (including phenoxy) is 2. The molecule has 0 bridgehead atoms. The Labute approximate surface area is 96.0 Å². The van der Waals surface area contributed by atoms with Crippen molar-refractivity contribution in [3.8, 4) is 0 Å². The Morgan fingerprint density at radius 3 is 1.81 bits per heavy atom. The molecule has 1 rings (SSSR count). The second-order valence-corrected chi connectivity index (χ2v) is 4.33. The van der Waals surface area contributed by atoms with Crippen LogP contribution in [-0.4, -0.2) is 41.8 Å². The summed E-state index contributed by atoms with van der Waals surface area (Å²) < 4.78 is 9.92. The fourth-order valence-electron chi connectivity index (χ4n) is 2.27. The van der Waals surface area contributed by atoms with Gasteiger partial charge in [-0.3, -0.25) is 0 Å². The van der Waals surface area contributed by atoms with E-state index in [0.29, 0.717) is 18.3 Å². The smallest absolute Gasteiger partial charge is 0.163 e. The Kier molecular flexibility index (Phi) is 6.91. The summed E-state index contributed by atoms with van der Waals surface area (Å²) >= 11 is 0. The average Bonchev–Trinajstić information content (AvgIpc) is 2.31. The van der Waals surface area contributed by atoms with Gasteiger partial charge < -0.3 is 24.8 Å². The molecule has 0 aromatic carbocycles. The van der Waals surface area contributed by atoms with E-state index < -0.39 is 19.9 Å². The third kappa shape index (κ3) is 4.76. The molecule has 0 saturated heterocycles. The molecule has 0 radical (unpaired) electrons. The van der Waals surface area contributed by atoms with E-state index in [0.717, 1.165) is 25.7 Å². The summed E-state index contributed by atoms with van der Waals surface area (Å²) in [7, 11) is 0. The molecule has 1 fully saturated rings. The Bertz CT molecular complexity index is 162. The van der Waals surface area contributed by atoms with Crippen molar-refractivity contribution >= 4 is 0 Å². The minimum Gasteiger partial charge on any atom is -0.396 e. The first kappa shape index (κ1) is 13.9. The molecule has 5 heteroatoms. The molecule has 16 heavy (non-hydrogen) atoms. The van der Waals surface area contributed by atoms with Gasteiger partial charge in [0.05, 0.1) is 0 Å². The third-order valence-corrected chi connectivity index (χ3v) is 3.27. The first-order chi connectivity index (χ1) is 7.80. The van der Waals surface area contributed by atoms with E-state index >= 15 is 0 Å². The van der Waals surface area contributed by atoms with Crippen molar-refractivity contribution in [2.24, 2.45) is 11.8 Å². The fraction of sp³-hybridized carbons (Fsp3) is 1.00. The van der Waals surface area contributed by atoms with Crippen LogP contribution >= 0.6 is 0 Å². The summed E-state index contributed by atoms with van der Waals surface area (Å²) in [4.78, 5) is 0. The SMILES string of the molecule is OCOC(CC1CCC(CO)CC1)OCO. The van der Waals surface area contributed by atoms with Gasteiger partial charge in [-0.2, -0.15) is 0 Å². The second-order valence-electron chi connectivity index (χ2n) is 4.33. The highest BCUT2D eigenvalue weighted by Crippen LogP contribution is 2.31. The maximum Gasteiger partial charge on any atom is 0.163 e. The number of aliphatic hydroxyl groups is 3. The Morgan fingerprint density at radius 1 is 0.875 bits per heavy atom. The summed E-state index contributed by atoms with van der Waals surface area (Å²) in [6.45, 7) is -0.510. The second kappa shape index (κ2) is 7.97. The summed E-state index contributed by atoms with van der Waals surface area (Å²) in [6, 6.07) is 0. The van der Waals surface area contributed by atoms with Crippen LogP contribution < -0.4 is 0 Å². The molecule has 0 unspecified atom stereocenters. The van der Waals surface area contributed by atoms with Crippen LogP contribution in [0.15, 0.2) is 0 Å². The van der Waals surface area contributed by atoms with E-state index in [-0.39, 0.29) is 6.61 Å². The lowest BCUT2D eigenvalue weighted by Crippen LogP contribution is -2.25. The van der Waals surface area contributed by atoms with Gasteiger partial charge in [-0.1, -0.05) is 0 Å².